The van der Waals surface area contributed by atoms with Gasteiger partial charge in [-0.3, -0.25) is 4.79 Å². The van der Waals surface area contributed by atoms with Crippen molar-refractivity contribution in [3.05, 3.63) is 65.7 Å². The number of aliphatic imine (C=N–C) groups is 1. The summed E-state index contributed by atoms with van der Waals surface area (Å²) in [5.41, 5.74) is 2.86. The summed E-state index contributed by atoms with van der Waals surface area (Å²) >= 11 is 0. The van der Waals surface area contributed by atoms with Gasteiger partial charge in [0.2, 0.25) is 0 Å². The van der Waals surface area contributed by atoms with Crippen molar-refractivity contribution in [1.29, 1.82) is 0 Å². The van der Waals surface area contributed by atoms with Crippen molar-refractivity contribution in [2.45, 2.75) is 33.4 Å². The van der Waals surface area contributed by atoms with Gasteiger partial charge in [0.15, 0.2) is 5.96 Å². The van der Waals surface area contributed by atoms with Crippen LogP contribution in [0.25, 0.3) is 0 Å². The number of amides is 1. The van der Waals surface area contributed by atoms with Crippen LogP contribution in [0.15, 0.2) is 59.6 Å². The number of rotatable bonds is 9. The first-order valence-electron chi connectivity index (χ1n) is 10.5. The lowest BCUT2D eigenvalue weighted by molar-refractivity contribution is 0.0827. The molecule has 2 aromatic rings. The zero-order valence-corrected chi connectivity index (χ0v) is 18.8. The molecule has 0 aliphatic carbocycles. The maximum absolute atomic E-state index is 12.0. The molecule has 6 nitrogen and oxygen atoms in total. The van der Waals surface area contributed by atoms with Crippen molar-refractivity contribution < 1.29 is 4.79 Å². The van der Waals surface area contributed by atoms with Crippen LogP contribution in [0.3, 0.4) is 0 Å². The first kappa shape index (κ1) is 23.3. The van der Waals surface area contributed by atoms with Crippen molar-refractivity contribution in [1.82, 2.24) is 15.5 Å². The molecule has 0 aliphatic rings. The van der Waals surface area contributed by atoms with E-state index in [1.54, 1.807) is 19.0 Å². The van der Waals surface area contributed by atoms with E-state index in [1.807, 2.05) is 42.5 Å². The molecule has 0 aromatic heterocycles. The Labute approximate surface area is 180 Å². The lowest BCUT2D eigenvalue weighted by atomic mass is 10.0. The molecule has 1 amide bonds. The highest BCUT2D eigenvalue weighted by molar-refractivity contribution is 5.93. The predicted octanol–water partition coefficient (Wildman–Crippen LogP) is 3.58. The number of hydrogen-bond acceptors (Lipinski definition) is 3. The van der Waals surface area contributed by atoms with Gasteiger partial charge in [-0.15, -0.1) is 0 Å². The normalized spacial score (nSPS) is 12.4. The summed E-state index contributed by atoms with van der Waals surface area (Å²) in [5, 5.41) is 10.4. The lowest BCUT2D eigenvalue weighted by Crippen LogP contribution is -2.44. The lowest BCUT2D eigenvalue weighted by Gasteiger charge is -2.25. The van der Waals surface area contributed by atoms with Crippen molar-refractivity contribution in [3.63, 3.8) is 0 Å². The molecule has 2 aromatic carbocycles. The molecular weight excluding hydrogens is 374 g/mol. The number of hydrogen-bond donors (Lipinski definition) is 3. The second-order valence-electron chi connectivity index (χ2n) is 7.83. The van der Waals surface area contributed by atoms with E-state index in [0.29, 0.717) is 18.0 Å². The Kier molecular flexibility index (Phi) is 9.19. The fourth-order valence-electron chi connectivity index (χ4n) is 2.93. The van der Waals surface area contributed by atoms with E-state index in [2.05, 4.69) is 48.9 Å². The summed E-state index contributed by atoms with van der Waals surface area (Å²) in [6.45, 7) is 8.58. The molecule has 0 bridgehead atoms. The van der Waals surface area contributed by atoms with Crippen LogP contribution in [-0.2, 0) is 6.54 Å². The molecule has 6 heteroatoms. The number of carbonyl (C=O) groups excluding carboxylic acids is 1. The molecule has 0 saturated heterocycles. The van der Waals surface area contributed by atoms with Crippen LogP contribution < -0.4 is 16.0 Å². The average molecular weight is 410 g/mol. The van der Waals surface area contributed by atoms with Crippen LogP contribution in [0.5, 0.6) is 0 Å². The van der Waals surface area contributed by atoms with Crippen molar-refractivity contribution in [2.24, 2.45) is 10.9 Å². The molecule has 30 heavy (non-hydrogen) atoms. The summed E-state index contributed by atoms with van der Waals surface area (Å²) in [5.74, 6) is 1.25. The van der Waals surface area contributed by atoms with E-state index in [0.717, 1.165) is 30.3 Å². The second kappa shape index (κ2) is 11.9. The molecule has 2 rings (SSSR count). The molecule has 0 fully saturated rings. The Morgan fingerprint density at radius 2 is 1.67 bits per heavy atom. The summed E-state index contributed by atoms with van der Waals surface area (Å²) in [7, 11) is 3.51. The van der Waals surface area contributed by atoms with Gasteiger partial charge in [0.25, 0.3) is 5.91 Å². The van der Waals surface area contributed by atoms with E-state index in [4.69, 9.17) is 4.99 Å². The number of guanidine groups is 1. The number of nitrogens with zero attached hydrogens (tertiary/aromatic N) is 2. The minimum atomic E-state index is 0.00528. The van der Waals surface area contributed by atoms with Crippen LogP contribution >= 0.6 is 0 Å². The van der Waals surface area contributed by atoms with Gasteiger partial charge in [0, 0.05) is 44.5 Å². The third-order valence-electron chi connectivity index (χ3n) is 4.79. The van der Waals surface area contributed by atoms with E-state index in [1.165, 1.54) is 0 Å². The van der Waals surface area contributed by atoms with Gasteiger partial charge >= 0.3 is 0 Å². The van der Waals surface area contributed by atoms with Gasteiger partial charge in [-0.2, -0.15) is 0 Å². The molecule has 1 unspecified atom stereocenters. The maximum Gasteiger partial charge on any atom is 0.253 e. The summed E-state index contributed by atoms with van der Waals surface area (Å²) in [4.78, 5) is 18.3. The minimum Gasteiger partial charge on any atom is -0.380 e. The predicted molar refractivity (Wildman–Crippen MR) is 126 cm³/mol. The zero-order valence-electron chi connectivity index (χ0n) is 18.8. The molecular formula is C24H35N5O. The quantitative estimate of drug-likeness (QED) is 0.437. The number of nitrogens with one attached hydrogen (secondary N) is 3. The summed E-state index contributed by atoms with van der Waals surface area (Å²) in [6, 6.07) is 18.2. The van der Waals surface area contributed by atoms with E-state index < -0.39 is 0 Å². The Hall–Kier alpha value is -3.02. The standard InChI is InChI=1S/C24H35N5O/c1-6-25-24(26-16-19-12-14-20(15-13-19)23(30)29(4)5)27-17-22(18(2)3)28-21-10-8-7-9-11-21/h7-15,18,22,28H,6,16-17H2,1-5H3,(H2,25,26,27). The van der Waals surface area contributed by atoms with E-state index >= 15 is 0 Å². The van der Waals surface area contributed by atoms with Crippen LogP contribution in [0, 0.1) is 5.92 Å². The third-order valence-corrected chi connectivity index (χ3v) is 4.79. The molecule has 3 N–H and O–H groups in total. The third kappa shape index (κ3) is 7.43. The van der Waals surface area contributed by atoms with Gasteiger partial charge < -0.3 is 20.9 Å². The van der Waals surface area contributed by atoms with Gasteiger partial charge in [0.1, 0.15) is 0 Å². The monoisotopic (exact) mass is 409 g/mol. The first-order valence-corrected chi connectivity index (χ1v) is 10.5. The number of anilines is 1. The first-order chi connectivity index (χ1) is 14.4. The number of benzene rings is 2. The zero-order chi connectivity index (χ0) is 21.9. The van der Waals surface area contributed by atoms with Gasteiger partial charge in [-0.1, -0.05) is 44.2 Å². The molecule has 0 heterocycles. The fraction of sp³-hybridized carbons (Fsp3) is 0.417. The second-order valence-corrected chi connectivity index (χ2v) is 7.83. The minimum absolute atomic E-state index is 0.00528. The van der Waals surface area contributed by atoms with Crippen molar-refractivity contribution >= 4 is 17.6 Å². The van der Waals surface area contributed by atoms with E-state index in [-0.39, 0.29) is 11.9 Å². The highest BCUT2D eigenvalue weighted by Crippen LogP contribution is 2.12. The highest BCUT2D eigenvalue weighted by atomic mass is 16.2. The van der Waals surface area contributed by atoms with Gasteiger partial charge in [-0.05, 0) is 42.7 Å². The molecule has 0 radical (unpaired) electrons. The Balaban J connectivity index is 1.98. The summed E-state index contributed by atoms with van der Waals surface area (Å²) in [6.07, 6.45) is 0. The van der Waals surface area contributed by atoms with Gasteiger partial charge in [0.05, 0.1) is 6.54 Å². The number of carbonyl (C=O) groups is 1. The highest BCUT2D eigenvalue weighted by Gasteiger charge is 2.14. The smallest absolute Gasteiger partial charge is 0.253 e. The van der Waals surface area contributed by atoms with Crippen molar-refractivity contribution in [3.8, 4) is 0 Å². The average Bonchev–Trinajstić information content (AvgIpc) is 2.75. The largest absolute Gasteiger partial charge is 0.380 e. The Morgan fingerprint density at radius 1 is 1.00 bits per heavy atom. The van der Waals surface area contributed by atoms with Crippen LogP contribution in [0.1, 0.15) is 36.7 Å². The van der Waals surface area contributed by atoms with Gasteiger partial charge in [-0.25, -0.2) is 4.99 Å². The fourth-order valence-corrected chi connectivity index (χ4v) is 2.93. The molecule has 0 saturated carbocycles. The van der Waals surface area contributed by atoms with Crippen LogP contribution in [0.4, 0.5) is 5.69 Å². The Bertz CT molecular complexity index is 800. The topological polar surface area (TPSA) is 68.8 Å². The molecule has 162 valence electrons. The van der Waals surface area contributed by atoms with Crippen molar-refractivity contribution in [2.75, 3.05) is 32.5 Å². The molecule has 1 atom stereocenters. The number of para-hydroxylation sites is 1. The van der Waals surface area contributed by atoms with Crippen LogP contribution in [0.2, 0.25) is 0 Å². The summed E-state index contributed by atoms with van der Waals surface area (Å²) < 4.78 is 0. The molecule has 0 aliphatic heterocycles. The molecule has 0 spiro atoms. The van der Waals surface area contributed by atoms with Crippen LogP contribution in [-0.4, -0.2) is 50.0 Å². The maximum atomic E-state index is 12.0. The van der Waals surface area contributed by atoms with E-state index in [9.17, 15) is 4.79 Å². The Morgan fingerprint density at radius 3 is 2.23 bits per heavy atom. The SMILES string of the molecule is CCNC(=NCc1ccc(C(=O)N(C)C)cc1)NCC(Nc1ccccc1)C(C)C.